The molecule has 0 fully saturated rings. The number of hydrogen-bond donors (Lipinski definition) is 1. The Morgan fingerprint density at radius 3 is 2.77 bits per heavy atom. The molecule has 118 valence electrons. The van der Waals surface area contributed by atoms with E-state index in [4.69, 9.17) is 5.73 Å². The zero-order valence-electron chi connectivity index (χ0n) is 12.9. The number of esters is 1. The first kappa shape index (κ1) is 16.2. The second kappa shape index (κ2) is 6.74. The number of aromatic nitrogens is 2. The van der Waals surface area contributed by atoms with Crippen LogP contribution in [0.3, 0.4) is 0 Å². The Kier molecular flexibility index (Phi) is 4.97. The highest BCUT2D eigenvalue weighted by molar-refractivity contribution is 7.10. The molecule has 1 amide bonds. The highest BCUT2D eigenvalue weighted by Crippen LogP contribution is 2.28. The molecule has 6 nitrogen and oxygen atoms in total. The maximum absolute atomic E-state index is 11.3. The van der Waals surface area contributed by atoms with Crippen LogP contribution in [0.25, 0.3) is 11.3 Å². The molecule has 0 saturated heterocycles. The molecule has 2 aromatic rings. The summed E-state index contributed by atoms with van der Waals surface area (Å²) in [7, 11) is 1.39. The monoisotopic (exact) mass is 321 g/mol. The van der Waals surface area contributed by atoms with Gasteiger partial charge in [-0.15, -0.1) is 11.3 Å². The van der Waals surface area contributed by atoms with Gasteiger partial charge in [-0.2, -0.15) is 0 Å². The molecule has 2 aromatic heterocycles. The second-order valence-corrected chi connectivity index (χ2v) is 5.97. The quantitative estimate of drug-likeness (QED) is 0.822. The first-order valence-electron chi connectivity index (χ1n) is 6.89. The van der Waals surface area contributed by atoms with Crippen LogP contribution in [0.4, 0.5) is 0 Å². The first-order valence-corrected chi connectivity index (χ1v) is 7.77. The van der Waals surface area contributed by atoms with Crippen molar-refractivity contribution in [2.75, 3.05) is 7.11 Å². The molecule has 0 bridgehead atoms. The summed E-state index contributed by atoms with van der Waals surface area (Å²) in [5.74, 6) is -0.615. The minimum atomic E-state index is -0.385. The molecule has 2 N–H and O–H groups in total. The van der Waals surface area contributed by atoms with Crippen LogP contribution < -0.4 is 5.73 Å². The fourth-order valence-electron chi connectivity index (χ4n) is 2.37. The summed E-state index contributed by atoms with van der Waals surface area (Å²) in [5.41, 5.74) is 9.13. The molecule has 0 aliphatic heterocycles. The predicted octanol–water partition coefficient (Wildman–Crippen LogP) is 1.82. The van der Waals surface area contributed by atoms with Crippen molar-refractivity contribution in [3.8, 4) is 11.3 Å². The molecule has 0 atom stereocenters. The SMILES string of the molecule is COC(=O)CCn1c(C)cc(-c2csc(CC(N)=O)n2)c1C. The number of amides is 1. The van der Waals surface area contributed by atoms with Gasteiger partial charge in [0.1, 0.15) is 5.01 Å². The van der Waals surface area contributed by atoms with Gasteiger partial charge in [0.15, 0.2) is 0 Å². The first-order chi connectivity index (χ1) is 10.4. The van der Waals surface area contributed by atoms with Gasteiger partial charge in [-0.25, -0.2) is 4.98 Å². The fraction of sp³-hybridized carbons (Fsp3) is 0.400. The van der Waals surface area contributed by atoms with Crippen LogP contribution >= 0.6 is 11.3 Å². The van der Waals surface area contributed by atoms with Gasteiger partial charge < -0.3 is 15.0 Å². The smallest absolute Gasteiger partial charge is 0.307 e. The Morgan fingerprint density at radius 1 is 1.41 bits per heavy atom. The molecule has 0 aromatic carbocycles. The van der Waals surface area contributed by atoms with E-state index >= 15 is 0 Å². The number of ether oxygens (including phenoxy) is 1. The Balaban J connectivity index is 2.23. The summed E-state index contributed by atoms with van der Waals surface area (Å²) in [5, 5.41) is 2.63. The molecule has 0 spiro atoms. The number of thiazole rings is 1. The Bertz CT molecular complexity index is 703. The molecule has 0 unspecified atom stereocenters. The maximum Gasteiger partial charge on any atom is 0.307 e. The average Bonchev–Trinajstić information content (AvgIpc) is 3.01. The van der Waals surface area contributed by atoms with Crippen LogP contribution in [0.5, 0.6) is 0 Å². The Hall–Kier alpha value is -2.15. The van der Waals surface area contributed by atoms with Crippen molar-refractivity contribution in [1.82, 2.24) is 9.55 Å². The molecular formula is C15H19N3O3S. The van der Waals surface area contributed by atoms with Crippen molar-refractivity contribution >= 4 is 23.2 Å². The lowest BCUT2D eigenvalue weighted by molar-refractivity contribution is -0.140. The number of nitrogens with two attached hydrogens (primary N) is 1. The van der Waals surface area contributed by atoms with Crippen LogP contribution in [0, 0.1) is 13.8 Å². The van der Waals surface area contributed by atoms with Gasteiger partial charge >= 0.3 is 5.97 Å². The van der Waals surface area contributed by atoms with Gasteiger partial charge in [0.25, 0.3) is 0 Å². The van der Waals surface area contributed by atoms with Crippen LogP contribution in [0.1, 0.15) is 22.8 Å². The lowest BCUT2D eigenvalue weighted by atomic mass is 10.2. The minimum Gasteiger partial charge on any atom is -0.469 e. The van der Waals surface area contributed by atoms with E-state index in [0.29, 0.717) is 18.0 Å². The molecule has 0 aliphatic carbocycles. The Labute approximate surface area is 132 Å². The van der Waals surface area contributed by atoms with E-state index in [0.717, 1.165) is 22.6 Å². The molecule has 0 radical (unpaired) electrons. The number of rotatable bonds is 6. The van der Waals surface area contributed by atoms with Gasteiger partial charge in [-0.1, -0.05) is 0 Å². The van der Waals surface area contributed by atoms with Gasteiger partial charge in [-0.05, 0) is 19.9 Å². The van der Waals surface area contributed by atoms with E-state index in [1.807, 2.05) is 25.3 Å². The molecular weight excluding hydrogens is 302 g/mol. The predicted molar refractivity (Wildman–Crippen MR) is 84.5 cm³/mol. The van der Waals surface area contributed by atoms with Gasteiger partial charge in [0.2, 0.25) is 5.91 Å². The van der Waals surface area contributed by atoms with Crippen molar-refractivity contribution in [2.24, 2.45) is 5.73 Å². The lowest BCUT2D eigenvalue weighted by Crippen LogP contribution is -2.13. The van der Waals surface area contributed by atoms with E-state index in [-0.39, 0.29) is 18.3 Å². The van der Waals surface area contributed by atoms with E-state index in [9.17, 15) is 9.59 Å². The minimum absolute atomic E-state index is 0.158. The highest BCUT2D eigenvalue weighted by atomic mass is 32.1. The molecule has 2 rings (SSSR count). The third-order valence-electron chi connectivity index (χ3n) is 3.49. The van der Waals surface area contributed by atoms with Gasteiger partial charge in [0.05, 0.1) is 25.6 Å². The third-order valence-corrected chi connectivity index (χ3v) is 4.34. The van der Waals surface area contributed by atoms with E-state index in [1.165, 1.54) is 18.4 Å². The zero-order chi connectivity index (χ0) is 16.3. The normalized spacial score (nSPS) is 10.7. The van der Waals surface area contributed by atoms with E-state index < -0.39 is 0 Å². The van der Waals surface area contributed by atoms with Crippen molar-refractivity contribution in [1.29, 1.82) is 0 Å². The topological polar surface area (TPSA) is 87.2 Å². The van der Waals surface area contributed by atoms with Crippen molar-refractivity contribution < 1.29 is 14.3 Å². The number of nitrogens with zero attached hydrogens (tertiary/aromatic N) is 2. The fourth-order valence-corrected chi connectivity index (χ4v) is 3.18. The number of carbonyl (C=O) groups is 2. The van der Waals surface area contributed by atoms with Crippen LogP contribution in [0.2, 0.25) is 0 Å². The summed E-state index contributed by atoms with van der Waals surface area (Å²) in [4.78, 5) is 26.7. The molecule has 0 aliphatic rings. The molecule has 2 heterocycles. The zero-order valence-corrected chi connectivity index (χ0v) is 13.7. The second-order valence-electron chi connectivity index (χ2n) is 5.03. The summed E-state index contributed by atoms with van der Waals surface area (Å²) in [6.07, 6.45) is 0.488. The number of primary amides is 1. The highest BCUT2D eigenvalue weighted by Gasteiger charge is 2.15. The Morgan fingerprint density at radius 2 is 2.14 bits per heavy atom. The van der Waals surface area contributed by atoms with E-state index in [2.05, 4.69) is 14.3 Å². The third kappa shape index (κ3) is 3.54. The molecule has 0 saturated carbocycles. The van der Waals surface area contributed by atoms with Crippen LogP contribution in [-0.4, -0.2) is 28.5 Å². The summed E-state index contributed by atoms with van der Waals surface area (Å²) < 4.78 is 6.75. The number of carbonyl (C=O) groups excluding carboxylic acids is 2. The lowest BCUT2D eigenvalue weighted by Gasteiger charge is -2.08. The number of hydrogen-bond acceptors (Lipinski definition) is 5. The van der Waals surface area contributed by atoms with Crippen molar-refractivity contribution in [3.63, 3.8) is 0 Å². The summed E-state index contributed by atoms with van der Waals surface area (Å²) in [6, 6.07) is 2.04. The van der Waals surface area contributed by atoms with Crippen molar-refractivity contribution in [3.05, 3.63) is 27.8 Å². The van der Waals surface area contributed by atoms with Crippen LogP contribution in [-0.2, 0) is 27.3 Å². The largest absolute Gasteiger partial charge is 0.469 e. The standard InChI is InChI=1S/C15H19N3O3S/c1-9-6-11(10(2)18(9)5-4-15(20)21-3)12-8-22-14(17-12)7-13(16)19/h6,8H,4-5,7H2,1-3H3,(H2,16,19). The summed E-state index contributed by atoms with van der Waals surface area (Å²) in [6.45, 7) is 4.56. The van der Waals surface area contributed by atoms with Crippen LogP contribution in [0.15, 0.2) is 11.4 Å². The van der Waals surface area contributed by atoms with Gasteiger partial charge in [0, 0.05) is 28.9 Å². The average molecular weight is 321 g/mol. The molecule has 22 heavy (non-hydrogen) atoms. The maximum atomic E-state index is 11.3. The van der Waals surface area contributed by atoms with Crippen molar-refractivity contribution in [2.45, 2.75) is 33.2 Å². The van der Waals surface area contributed by atoms with Gasteiger partial charge in [-0.3, -0.25) is 9.59 Å². The number of aryl methyl sites for hydroxylation is 1. The molecule has 7 heteroatoms. The summed E-state index contributed by atoms with van der Waals surface area (Å²) >= 11 is 1.42. The van der Waals surface area contributed by atoms with E-state index in [1.54, 1.807) is 0 Å². The number of methoxy groups -OCH3 is 1.